The van der Waals surface area contributed by atoms with Crippen LogP contribution < -0.4 is 19.8 Å². The SMILES string of the molecule is N=c1ccc2c(-c3ccccc3)c3ccc(N)c([As](=O)(O)O)c3oc-2c1[As](=O)(O)O. The zero-order chi connectivity index (χ0) is 21.8. The van der Waals surface area contributed by atoms with Gasteiger partial charge >= 0.3 is 176 Å². The number of benzene rings is 3. The molecule has 2 aliphatic rings. The van der Waals surface area contributed by atoms with Crippen molar-refractivity contribution in [2.24, 2.45) is 0 Å². The van der Waals surface area contributed by atoms with Gasteiger partial charge in [0.1, 0.15) is 0 Å². The van der Waals surface area contributed by atoms with Crippen LogP contribution in [0.3, 0.4) is 0 Å². The molecule has 1 heterocycles. The minimum absolute atomic E-state index is 0.192. The van der Waals surface area contributed by atoms with E-state index in [4.69, 9.17) is 15.6 Å². The van der Waals surface area contributed by atoms with Crippen LogP contribution in [0, 0.1) is 5.41 Å². The molecule has 0 spiro atoms. The van der Waals surface area contributed by atoms with Gasteiger partial charge in [-0.2, -0.15) is 0 Å². The van der Waals surface area contributed by atoms with Crippen LogP contribution in [0.4, 0.5) is 5.69 Å². The number of rotatable bonds is 3. The zero-order valence-corrected chi connectivity index (χ0v) is 18.9. The third-order valence-electron chi connectivity index (χ3n) is 4.68. The first-order chi connectivity index (χ1) is 14.0. The van der Waals surface area contributed by atoms with E-state index in [1.807, 2.05) is 0 Å². The zero-order valence-electron chi connectivity index (χ0n) is 15.2. The molecule has 0 amide bonds. The Morgan fingerprint density at radius 2 is 1.47 bits per heavy atom. The molecule has 0 atom stereocenters. The van der Waals surface area contributed by atoms with Crippen LogP contribution in [0.1, 0.15) is 0 Å². The van der Waals surface area contributed by atoms with Gasteiger partial charge in [0.25, 0.3) is 0 Å². The van der Waals surface area contributed by atoms with Gasteiger partial charge in [-0.15, -0.1) is 0 Å². The molecule has 4 rings (SSSR count). The Kier molecular flexibility index (Phi) is 4.86. The van der Waals surface area contributed by atoms with Crippen LogP contribution in [0.15, 0.2) is 59.0 Å². The summed E-state index contributed by atoms with van der Waals surface area (Å²) in [6.45, 7) is 0. The predicted molar refractivity (Wildman–Crippen MR) is 110 cm³/mol. The predicted octanol–water partition coefficient (Wildman–Crippen LogP) is -0.612. The second kappa shape index (κ2) is 7.03. The normalized spacial score (nSPS) is 12.5. The van der Waals surface area contributed by atoms with Crippen LogP contribution in [-0.2, 0) is 7.48 Å². The van der Waals surface area contributed by atoms with Crippen molar-refractivity contribution >= 4 is 53.7 Å². The number of hydrogen-bond donors (Lipinski definition) is 6. The molecule has 1 aliphatic heterocycles. The van der Waals surface area contributed by atoms with Crippen molar-refractivity contribution in [2.45, 2.75) is 0 Å². The first-order valence-electron chi connectivity index (χ1n) is 8.54. The van der Waals surface area contributed by atoms with Crippen molar-refractivity contribution in [2.75, 3.05) is 5.73 Å². The summed E-state index contributed by atoms with van der Waals surface area (Å²) in [5.74, 6) is -0.294. The number of nitrogen functional groups attached to an aromatic ring is 1. The average molecular weight is 534 g/mol. The van der Waals surface area contributed by atoms with E-state index in [0.29, 0.717) is 22.1 Å². The maximum atomic E-state index is 12.2. The first kappa shape index (κ1) is 20.7. The molecule has 0 aromatic heterocycles. The molecule has 1 aliphatic carbocycles. The number of nitrogens with one attached hydrogen (secondary N) is 1. The van der Waals surface area contributed by atoms with Crippen LogP contribution >= 0.6 is 0 Å². The summed E-state index contributed by atoms with van der Waals surface area (Å²) in [6, 6.07) is 14.5. The van der Waals surface area contributed by atoms with Crippen molar-refractivity contribution in [3.05, 3.63) is 60.0 Å². The van der Waals surface area contributed by atoms with Crippen molar-refractivity contribution in [1.82, 2.24) is 0 Å². The summed E-state index contributed by atoms with van der Waals surface area (Å²) in [6.07, 6.45) is 0. The van der Waals surface area contributed by atoms with Gasteiger partial charge in [-0.25, -0.2) is 0 Å². The Morgan fingerprint density at radius 3 is 2.07 bits per heavy atom. The van der Waals surface area contributed by atoms with Crippen LogP contribution in [-0.4, -0.2) is 44.7 Å². The maximum absolute atomic E-state index is 12.2. The van der Waals surface area contributed by atoms with E-state index in [-0.39, 0.29) is 17.0 Å². The van der Waals surface area contributed by atoms with Crippen molar-refractivity contribution < 1.29 is 28.3 Å². The van der Waals surface area contributed by atoms with Crippen molar-refractivity contribution in [3.8, 4) is 22.5 Å². The average Bonchev–Trinajstić information content (AvgIpc) is 2.64. The molecule has 2 aromatic rings. The molecule has 0 fully saturated rings. The fourth-order valence-corrected chi connectivity index (χ4v) is 6.99. The molecule has 2 aromatic carbocycles. The Bertz CT molecular complexity index is 1420. The molecule has 154 valence electrons. The molecule has 0 radical (unpaired) electrons. The van der Waals surface area contributed by atoms with E-state index < -0.39 is 42.4 Å². The van der Waals surface area contributed by atoms with Gasteiger partial charge in [-0.05, 0) is 0 Å². The number of nitrogens with two attached hydrogens (primary N) is 1. The summed E-state index contributed by atoms with van der Waals surface area (Å²) in [4.78, 5) is 0. The molecular weight excluding hydrogens is 518 g/mol. The second-order valence-corrected chi connectivity index (χ2v) is 13.1. The standard InChI is InChI=1S/C19H16As2N2O7/c22-13-8-6-11-15(10-4-2-1-3-5-10)12-7-9-14(23)17(21(27,28)29)19(12)30-18(11)16(13)20(24,25)26/h1-9,22H,23H2,(H2,24,25,26)(H2,27,28,29). The molecular formula is C19H16As2N2O7. The molecule has 0 unspecified atom stereocenters. The molecule has 7 N–H and O–H groups in total. The van der Waals surface area contributed by atoms with Crippen molar-refractivity contribution in [1.29, 1.82) is 5.41 Å². The number of anilines is 1. The number of hydrogen-bond acceptors (Lipinski definition) is 5. The number of fused-ring (bicyclic) bond motifs is 2. The van der Waals surface area contributed by atoms with Gasteiger partial charge in [0.05, 0.1) is 0 Å². The van der Waals surface area contributed by atoms with E-state index in [1.54, 1.807) is 36.4 Å². The monoisotopic (exact) mass is 534 g/mol. The summed E-state index contributed by atoms with van der Waals surface area (Å²) < 4.78 is 68.7. The van der Waals surface area contributed by atoms with Crippen molar-refractivity contribution in [3.63, 3.8) is 0 Å². The Labute approximate surface area is 175 Å². The summed E-state index contributed by atoms with van der Waals surface area (Å²) >= 11 is -11.3. The van der Waals surface area contributed by atoms with Crippen LogP contribution in [0.25, 0.3) is 33.4 Å². The Balaban J connectivity index is 2.35. The first-order valence-corrected chi connectivity index (χ1v) is 15.3. The summed E-state index contributed by atoms with van der Waals surface area (Å²) in [7, 11) is 0. The van der Waals surface area contributed by atoms with Gasteiger partial charge in [-0.1, -0.05) is 0 Å². The summed E-state index contributed by atoms with van der Waals surface area (Å²) in [5, 5.41) is 7.90. The van der Waals surface area contributed by atoms with E-state index in [1.165, 1.54) is 18.2 Å². The molecule has 0 bridgehead atoms. The van der Waals surface area contributed by atoms with E-state index in [0.717, 1.165) is 0 Å². The van der Waals surface area contributed by atoms with Crippen LogP contribution in [0.2, 0.25) is 0 Å². The Morgan fingerprint density at radius 1 is 0.833 bits per heavy atom. The molecule has 0 saturated carbocycles. The van der Waals surface area contributed by atoms with Gasteiger partial charge in [0.2, 0.25) is 0 Å². The van der Waals surface area contributed by atoms with Gasteiger partial charge in [0, 0.05) is 0 Å². The Hall–Kier alpha value is -2.51. The minimum atomic E-state index is -5.66. The fourth-order valence-electron chi connectivity index (χ4n) is 3.51. The quantitative estimate of drug-likeness (QED) is 0.115. The van der Waals surface area contributed by atoms with Gasteiger partial charge < -0.3 is 0 Å². The van der Waals surface area contributed by atoms with Gasteiger partial charge in [0.15, 0.2) is 0 Å². The topological polar surface area (TPSA) is 178 Å². The third-order valence-corrected chi connectivity index (χ3v) is 9.03. The molecule has 30 heavy (non-hydrogen) atoms. The van der Waals surface area contributed by atoms with E-state index in [2.05, 4.69) is 0 Å². The fraction of sp³-hybridized carbons (Fsp3) is 0. The molecule has 11 heteroatoms. The third kappa shape index (κ3) is 3.36. The molecule has 9 nitrogen and oxygen atoms in total. The second-order valence-electron chi connectivity index (χ2n) is 6.65. The molecule has 0 saturated heterocycles. The van der Waals surface area contributed by atoms with E-state index in [9.17, 15) is 23.9 Å². The van der Waals surface area contributed by atoms with Gasteiger partial charge in [-0.3, -0.25) is 0 Å². The summed E-state index contributed by atoms with van der Waals surface area (Å²) in [5.41, 5.74) is 6.79. The van der Waals surface area contributed by atoms with E-state index >= 15 is 0 Å². The van der Waals surface area contributed by atoms with Crippen LogP contribution in [0.5, 0.6) is 0 Å².